The lowest BCUT2D eigenvalue weighted by Crippen LogP contribution is -2.31. The van der Waals surface area contributed by atoms with Gasteiger partial charge in [-0.1, -0.05) is 51.2 Å². The highest BCUT2D eigenvalue weighted by atomic mass is 16.3. The maximum atomic E-state index is 11.2. The molecule has 134 valence electrons. The van der Waals surface area contributed by atoms with Crippen molar-refractivity contribution in [3.8, 4) is 0 Å². The Morgan fingerprint density at radius 2 is 1.35 bits per heavy atom. The van der Waals surface area contributed by atoms with E-state index in [2.05, 4.69) is 17.5 Å². The van der Waals surface area contributed by atoms with Crippen LogP contribution in [0.1, 0.15) is 84.0 Å². The van der Waals surface area contributed by atoms with Crippen LogP contribution in [0.5, 0.6) is 0 Å². The van der Waals surface area contributed by atoms with Crippen LogP contribution in [0.4, 0.5) is 0 Å². The maximum Gasteiger partial charge on any atom is 0.287 e. The molecule has 4 heteroatoms. The second kappa shape index (κ2) is 17.2. The zero-order chi connectivity index (χ0) is 17.2. The Morgan fingerprint density at radius 1 is 0.826 bits per heavy atom. The molecule has 0 heterocycles. The zero-order valence-corrected chi connectivity index (χ0v) is 14.8. The van der Waals surface area contributed by atoms with Gasteiger partial charge in [0.05, 0.1) is 0 Å². The first-order valence-electron chi connectivity index (χ1n) is 9.29. The number of nitrogens with one attached hydrogen (secondary N) is 1. The van der Waals surface area contributed by atoms with Crippen LogP contribution in [0.2, 0.25) is 0 Å². The summed E-state index contributed by atoms with van der Waals surface area (Å²) in [4.78, 5) is 22.3. The molecule has 23 heavy (non-hydrogen) atoms. The summed E-state index contributed by atoms with van der Waals surface area (Å²) in [6.45, 7) is 2.62. The number of allylic oxidation sites excluding steroid dienone is 2. The molecule has 0 aromatic rings. The van der Waals surface area contributed by atoms with Gasteiger partial charge in [0.25, 0.3) is 5.91 Å². The van der Waals surface area contributed by atoms with Crippen molar-refractivity contribution in [2.45, 2.75) is 84.0 Å². The number of aliphatic hydroxyl groups excluding tert-OH is 1. The van der Waals surface area contributed by atoms with Crippen LogP contribution in [0.15, 0.2) is 12.2 Å². The molecule has 0 bridgehead atoms. The summed E-state index contributed by atoms with van der Waals surface area (Å²) in [5, 5.41) is 11.3. The third kappa shape index (κ3) is 15.5. The second-order valence-corrected chi connectivity index (χ2v) is 5.99. The van der Waals surface area contributed by atoms with Crippen molar-refractivity contribution in [3.05, 3.63) is 12.2 Å². The summed E-state index contributed by atoms with van der Waals surface area (Å²) < 4.78 is 0. The quantitative estimate of drug-likeness (QED) is 0.257. The number of aliphatic hydroxyl groups is 1. The molecule has 0 aromatic heterocycles. The number of unbranched alkanes of at least 4 members (excludes halogenated alkanes) is 9. The molecule has 1 amide bonds. The summed E-state index contributed by atoms with van der Waals surface area (Å²) >= 11 is 0. The lowest BCUT2D eigenvalue weighted by molar-refractivity contribution is -0.137. The summed E-state index contributed by atoms with van der Waals surface area (Å²) in [5.41, 5.74) is 0. The molecule has 0 aromatic carbocycles. The predicted molar refractivity (Wildman–Crippen MR) is 95.3 cm³/mol. The van der Waals surface area contributed by atoms with Gasteiger partial charge in [0.2, 0.25) is 5.78 Å². The highest BCUT2D eigenvalue weighted by Gasteiger charge is 2.08. The van der Waals surface area contributed by atoms with E-state index in [1.54, 1.807) is 6.92 Å². The molecular formula is C19H35NO3. The minimum absolute atomic E-state index is 0.275. The van der Waals surface area contributed by atoms with E-state index in [1.807, 2.05) is 0 Å². The fourth-order valence-electron chi connectivity index (χ4n) is 2.34. The minimum atomic E-state index is -0.445. The van der Waals surface area contributed by atoms with Crippen LogP contribution in [0.3, 0.4) is 0 Å². The lowest BCUT2D eigenvalue weighted by Gasteiger charge is -2.02. The van der Waals surface area contributed by atoms with Crippen LogP contribution in [0, 0.1) is 0 Å². The molecule has 0 aliphatic heterocycles. The Labute approximate surface area is 141 Å². The minimum Gasteiger partial charge on any atom is -0.396 e. The van der Waals surface area contributed by atoms with Crippen molar-refractivity contribution in [1.29, 1.82) is 0 Å². The predicted octanol–water partition coefficient (Wildman–Crippen LogP) is 3.92. The molecule has 0 rings (SSSR count). The molecule has 0 atom stereocenters. The molecule has 2 N–H and O–H groups in total. The number of Topliss-reactive ketones (excluding diaryl/α,β-unsaturated/α-hetero) is 1. The summed E-state index contributed by atoms with van der Waals surface area (Å²) in [6.07, 6.45) is 17.4. The molecule has 0 aliphatic carbocycles. The van der Waals surface area contributed by atoms with Crippen molar-refractivity contribution in [1.82, 2.24) is 5.32 Å². The van der Waals surface area contributed by atoms with E-state index in [0.29, 0.717) is 13.2 Å². The fraction of sp³-hybridized carbons (Fsp3) is 0.789. The Hall–Kier alpha value is -1.16. The third-order valence-corrected chi connectivity index (χ3v) is 3.85. The Bertz CT molecular complexity index is 327. The van der Waals surface area contributed by atoms with E-state index in [1.165, 1.54) is 32.1 Å². The standard InChI is InChI=1S/C19H35NO3/c1-2-18(22)19(23)20-16-14-12-10-8-6-4-3-5-7-9-11-13-15-17-21/h6,8,21H,2-5,7,9-17H2,1H3,(H,20,23)/b8-6-. The van der Waals surface area contributed by atoms with Crippen LogP contribution >= 0.6 is 0 Å². The smallest absolute Gasteiger partial charge is 0.287 e. The fourth-order valence-corrected chi connectivity index (χ4v) is 2.34. The van der Waals surface area contributed by atoms with Crippen molar-refractivity contribution in [2.24, 2.45) is 0 Å². The average Bonchev–Trinajstić information content (AvgIpc) is 2.57. The van der Waals surface area contributed by atoms with Crippen molar-refractivity contribution >= 4 is 11.7 Å². The van der Waals surface area contributed by atoms with Crippen molar-refractivity contribution in [3.63, 3.8) is 0 Å². The van der Waals surface area contributed by atoms with Gasteiger partial charge in [-0.15, -0.1) is 0 Å². The zero-order valence-electron chi connectivity index (χ0n) is 14.8. The van der Waals surface area contributed by atoms with E-state index in [9.17, 15) is 9.59 Å². The number of rotatable bonds is 16. The molecule has 0 aliphatic rings. The van der Waals surface area contributed by atoms with E-state index in [0.717, 1.165) is 38.5 Å². The van der Waals surface area contributed by atoms with Gasteiger partial charge >= 0.3 is 0 Å². The van der Waals surface area contributed by atoms with E-state index >= 15 is 0 Å². The number of carbonyl (C=O) groups is 2. The van der Waals surface area contributed by atoms with Gasteiger partial charge in [0.15, 0.2) is 0 Å². The van der Waals surface area contributed by atoms with E-state index < -0.39 is 5.91 Å². The summed E-state index contributed by atoms with van der Waals surface area (Å²) in [7, 11) is 0. The molecule has 0 saturated heterocycles. The summed E-state index contributed by atoms with van der Waals surface area (Å²) in [6, 6.07) is 0. The van der Waals surface area contributed by atoms with Gasteiger partial charge in [0.1, 0.15) is 0 Å². The van der Waals surface area contributed by atoms with Gasteiger partial charge in [-0.05, 0) is 38.5 Å². The number of hydrogen-bond acceptors (Lipinski definition) is 3. The average molecular weight is 325 g/mol. The van der Waals surface area contributed by atoms with Gasteiger partial charge in [-0.2, -0.15) is 0 Å². The largest absolute Gasteiger partial charge is 0.396 e. The Morgan fingerprint density at radius 3 is 1.91 bits per heavy atom. The van der Waals surface area contributed by atoms with Crippen LogP contribution in [-0.4, -0.2) is 29.9 Å². The molecule has 0 unspecified atom stereocenters. The molecule has 0 radical (unpaired) electrons. The first-order valence-corrected chi connectivity index (χ1v) is 9.29. The maximum absolute atomic E-state index is 11.2. The number of carbonyl (C=O) groups excluding carboxylic acids is 2. The number of ketones is 1. The van der Waals surface area contributed by atoms with Gasteiger partial charge < -0.3 is 10.4 Å². The van der Waals surface area contributed by atoms with Gasteiger partial charge in [0, 0.05) is 19.6 Å². The van der Waals surface area contributed by atoms with Crippen molar-refractivity contribution < 1.29 is 14.7 Å². The van der Waals surface area contributed by atoms with Gasteiger partial charge in [-0.3, -0.25) is 9.59 Å². The first-order chi connectivity index (χ1) is 11.2. The number of hydrogen-bond donors (Lipinski definition) is 2. The highest BCUT2D eigenvalue weighted by molar-refractivity contribution is 6.36. The number of amides is 1. The Balaban J connectivity index is 3.23. The van der Waals surface area contributed by atoms with E-state index in [-0.39, 0.29) is 12.2 Å². The second-order valence-electron chi connectivity index (χ2n) is 5.99. The van der Waals surface area contributed by atoms with Crippen LogP contribution in [0.25, 0.3) is 0 Å². The first kappa shape index (κ1) is 21.8. The summed E-state index contributed by atoms with van der Waals surface area (Å²) in [5.74, 6) is -0.780. The molecular weight excluding hydrogens is 290 g/mol. The third-order valence-electron chi connectivity index (χ3n) is 3.85. The monoisotopic (exact) mass is 325 g/mol. The molecule has 0 spiro atoms. The SMILES string of the molecule is CCC(=O)C(=O)NCCCC/C=C\CCCCCCCCCO. The molecule has 0 fully saturated rings. The topological polar surface area (TPSA) is 66.4 Å². The highest BCUT2D eigenvalue weighted by Crippen LogP contribution is 2.09. The van der Waals surface area contributed by atoms with Crippen LogP contribution < -0.4 is 5.32 Å². The van der Waals surface area contributed by atoms with Gasteiger partial charge in [-0.25, -0.2) is 0 Å². The lowest BCUT2D eigenvalue weighted by atomic mass is 10.1. The van der Waals surface area contributed by atoms with E-state index in [4.69, 9.17) is 5.11 Å². The van der Waals surface area contributed by atoms with Crippen molar-refractivity contribution in [2.75, 3.05) is 13.2 Å². The van der Waals surface area contributed by atoms with Crippen LogP contribution in [-0.2, 0) is 9.59 Å². The molecule has 0 saturated carbocycles. The molecule has 4 nitrogen and oxygen atoms in total. The normalized spacial score (nSPS) is 11.0. The Kier molecular flexibility index (Phi) is 16.3.